The Labute approximate surface area is 90.6 Å². The molecule has 0 fully saturated rings. The van der Waals surface area contributed by atoms with Crippen molar-refractivity contribution in [2.45, 2.75) is 19.3 Å². The van der Waals surface area contributed by atoms with Gasteiger partial charge in [-0.2, -0.15) is 0 Å². The molecule has 1 unspecified atom stereocenters. The zero-order valence-corrected chi connectivity index (χ0v) is 9.19. The van der Waals surface area contributed by atoms with Crippen molar-refractivity contribution < 1.29 is 9.53 Å². The zero-order valence-electron chi connectivity index (χ0n) is 9.19. The predicted octanol–water partition coefficient (Wildman–Crippen LogP) is 2.91. The van der Waals surface area contributed by atoms with Gasteiger partial charge < -0.3 is 4.74 Å². The van der Waals surface area contributed by atoms with E-state index >= 15 is 0 Å². The van der Waals surface area contributed by atoms with Crippen molar-refractivity contribution in [3.63, 3.8) is 0 Å². The van der Waals surface area contributed by atoms with Gasteiger partial charge in [-0.05, 0) is 17.9 Å². The number of methoxy groups -OCH3 is 1. The van der Waals surface area contributed by atoms with Gasteiger partial charge in [0.25, 0.3) is 0 Å². The number of benzene rings is 1. The highest BCUT2D eigenvalue weighted by Gasteiger charge is 2.12. The maximum atomic E-state index is 11.2. The molecule has 0 aliphatic carbocycles. The standard InChI is InChI=1S/C13H16O2/c1-10(9-11(2)13(14)15-3)12-7-5-4-6-8-12/h4-8,10H,2,9H2,1,3H3. The lowest BCUT2D eigenvalue weighted by Crippen LogP contribution is -2.06. The Morgan fingerprint density at radius 1 is 1.40 bits per heavy atom. The molecule has 1 aromatic rings. The molecule has 0 radical (unpaired) electrons. The molecule has 0 aliphatic rings. The Morgan fingerprint density at radius 3 is 2.53 bits per heavy atom. The SMILES string of the molecule is C=C(CC(C)c1ccccc1)C(=O)OC. The van der Waals surface area contributed by atoms with Crippen LogP contribution in [0.4, 0.5) is 0 Å². The highest BCUT2D eigenvalue weighted by Crippen LogP contribution is 2.22. The summed E-state index contributed by atoms with van der Waals surface area (Å²) in [6.07, 6.45) is 0.636. The van der Waals surface area contributed by atoms with Crippen LogP contribution < -0.4 is 0 Å². The molecular formula is C13H16O2. The molecule has 2 heteroatoms. The minimum atomic E-state index is -0.321. The van der Waals surface area contributed by atoms with E-state index < -0.39 is 0 Å². The summed E-state index contributed by atoms with van der Waals surface area (Å²) in [7, 11) is 1.38. The van der Waals surface area contributed by atoms with Gasteiger partial charge in [-0.3, -0.25) is 0 Å². The van der Waals surface area contributed by atoms with Crippen LogP contribution in [-0.2, 0) is 9.53 Å². The summed E-state index contributed by atoms with van der Waals surface area (Å²) >= 11 is 0. The number of carbonyl (C=O) groups excluding carboxylic acids is 1. The first-order valence-electron chi connectivity index (χ1n) is 4.96. The molecule has 1 rings (SSSR count). The maximum Gasteiger partial charge on any atom is 0.333 e. The van der Waals surface area contributed by atoms with Crippen molar-refractivity contribution in [3.8, 4) is 0 Å². The van der Waals surface area contributed by atoms with Crippen molar-refractivity contribution in [1.82, 2.24) is 0 Å². The molecule has 1 aromatic carbocycles. The Balaban J connectivity index is 2.60. The van der Waals surface area contributed by atoms with Crippen LogP contribution in [0, 0.1) is 0 Å². The molecule has 0 aromatic heterocycles. The fourth-order valence-corrected chi connectivity index (χ4v) is 1.50. The molecule has 80 valence electrons. The summed E-state index contributed by atoms with van der Waals surface area (Å²) < 4.78 is 4.61. The average Bonchev–Trinajstić information content (AvgIpc) is 2.29. The zero-order chi connectivity index (χ0) is 11.3. The van der Waals surface area contributed by atoms with E-state index in [0.717, 1.165) is 0 Å². The second-order valence-electron chi connectivity index (χ2n) is 3.61. The van der Waals surface area contributed by atoms with Crippen LogP contribution in [0.15, 0.2) is 42.5 Å². The van der Waals surface area contributed by atoms with E-state index in [2.05, 4.69) is 30.4 Å². The highest BCUT2D eigenvalue weighted by atomic mass is 16.5. The van der Waals surface area contributed by atoms with Crippen LogP contribution in [0.25, 0.3) is 0 Å². The third kappa shape index (κ3) is 3.24. The quantitative estimate of drug-likeness (QED) is 0.557. The third-order valence-corrected chi connectivity index (χ3v) is 2.40. The second-order valence-corrected chi connectivity index (χ2v) is 3.61. The minimum Gasteiger partial charge on any atom is -0.466 e. The van der Waals surface area contributed by atoms with Gasteiger partial charge in [-0.1, -0.05) is 43.8 Å². The number of carbonyl (C=O) groups is 1. The van der Waals surface area contributed by atoms with E-state index in [0.29, 0.717) is 12.0 Å². The Morgan fingerprint density at radius 2 is 2.00 bits per heavy atom. The van der Waals surface area contributed by atoms with Crippen LogP contribution >= 0.6 is 0 Å². The van der Waals surface area contributed by atoms with Crippen molar-refractivity contribution in [2.24, 2.45) is 0 Å². The van der Waals surface area contributed by atoms with Gasteiger partial charge in [0.15, 0.2) is 0 Å². The van der Waals surface area contributed by atoms with E-state index in [1.54, 1.807) is 0 Å². The molecule has 0 aliphatic heterocycles. The molecular weight excluding hydrogens is 188 g/mol. The van der Waals surface area contributed by atoms with Crippen LogP contribution in [0.2, 0.25) is 0 Å². The number of esters is 1. The maximum absolute atomic E-state index is 11.2. The molecule has 2 nitrogen and oxygen atoms in total. The van der Waals surface area contributed by atoms with Crippen LogP contribution in [0.5, 0.6) is 0 Å². The van der Waals surface area contributed by atoms with E-state index in [9.17, 15) is 4.79 Å². The second kappa shape index (κ2) is 5.35. The van der Waals surface area contributed by atoms with Crippen LogP contribution in [-0.4, -0.2) is 13.1 Å². The lowest BCUT2D eigenvalue weighted by molar-refractivity contribution is -0.136. The Hall–Kier alpha value is -1.57. The van der Waals surface area contributed by atoms with Gasteiger partial charge in [0.2, 0.25) is 0 Å². The Bertz CT molecular complexity index is 341. The largest absolute Gasteiger partial charge is 0.466 e. The summed E-state index contributed by atoms with van der Waals surface area (Å²) in [4.78, 5) is 11.2. The van der Waals surface area contributed by atoms with Crippen molar-refractivity contribution in [1.29, 1.82) is 0 Å². The van der Waals surface area contributed by atoms with Crippen LogP contribution in [0.1, 0.15) is 24.8 Å². The van der Waals surface area contributed by atoms with Crippen LogP contribution in [0.3, 0.4) is 0 Å². The summed E-state index contributed by atoms with van der Waals surface area (Å²) in [6.45, 7) is 5.79. The van der Waals surface area contributed by atoms with E-state index in [-0.39, 0.29) is 11.9 Å². The third-order valence-electron chi connectivity index (χ3n) is 2.40. The smallest absolute Gasteiger partial charge is 0.333 e. The first-order valence-corrected chi connectivity index (χ1v) is 4.96. The molecule has 0 saturated heterocycles. The topological polar surface area (TPSA) is 26.3 Å². The Kier molecular flexibility index (Phi) is 4.10. The monoisotopic (exact) mass is 204 g/mol. The molecule has 0 amide bonds. The van der Waals surface area contributed by atoms with Gasteiger partial charge >= 0.3 is 5.97 Å². The summed E-state index contributed by atoms with van der Waals surface area (Å²) in [5, 5.41) is 0. The van der Waals surface area contributed by atoms with Gasteiger partial charge in [-0.25, -0.2) is 4.79 Å². The van der Waals surface area contributed by atoms with Crippen molar-refractivity contribution in [3.05, 3.63) is 48.0 Å². The number of hydrogen-bond acceptors (Lipinski definition) is 2. The summed E-state index contributed by atoms with van der Waals surface area (Å²) in [5.74, 6) is -0.0319. The molecule has 1 atom stereocenters. The fourth-order valence-electron chi connectivity index (χ4n) is 1.50. The van der Waals surface area contributed by atoms with E-state index in [4.69, 9.17) is 0 Å². The van der Waals surface area contributed by atoms with Gasteiger partial charge in [0.05, 0.1) is 7.11 Å². The number of rotatable bonds is 4. The fraction of sp³-hybridized carbons (Fsp3) is 0.308. The summed E-state index contributed by atoms with van der Waals surface area (Å²) in [5.41, 5.74) is 1.73. The minimum absolute atomic E-state index is 0.290. The normalized spacial score (nSPS) is 11.9. The first-order chi connectivity index (χ1) is 7.15. The molecule has 0 bridgehead atoms. The molecule has 0 spiro atoms. The van der Waals surface area contributed by atoms with Crippen molar-refractivity contribution in [2.75, 3.05) is 7.11 Å². The average molecular weight is 204 g/mol. The molecule has 0 heterocycles. The van der Waals surface area contributed by atoms with Crippen molar-refractivity contribution >= 4 is 5.97 Å². The number of hydrogen-bond donors (Lipinski definition) is 0. The van der Waals surface area contributed by atoms with Gasteiger partial charge in [0, 0.05) is 5.57 Å². The van der Waals surface area contributed by atoms with E-state index in [1.807, 2.05) is 18.2 Å². The van der Waals surface area contributed by atoms with Gasteiger partial charge in [-0.15, -0.1) is 0 Å². The van der Waals surface area contributed by atoms with Gasteiger partial charge in [0.1, 0.15) is 0 Å². The molecule has 0 saturated carbocycles. The molecule has 15 heavy (non-hydrogen) atoms. The molecule has 0 N–H and O–H groups in total. The number of ether oxygens (including phenoxy) is 1. The predicted molar refractivity (Wildman–Crippen MR) is 60.6 cm³/mol. The lowest BCUT2D eigenvalue weighted by Gasteiger charge is -2.12. The lowest BCUT2D eigenvalue weighted by atomic mass is 9.94. The first kappa shape index (κ1) is 11.5. The summed E-state index contributed by atoms with van der Waals surface area (Å²) in [6, 6.07) is 10.1. The van der Waals surface area contributed by atoms with E-state index in [1.165, 1.54) is 12.7 Å². The highest BCUT2D eigenvalue weighted by molar-refractivity contribution is 5.87.